The minimum absolute atomic E-state index is 0.0436. The number of likely N-dealkylation sites (tertiary alicyclic amines) is 1. The number of piperidine rings is 1. The van der Waals surface area contributed by atoms with E-state index in [0.29, 0.717) is 23.3 Å². The molecule has 50 heavy (non-hydrogen) atoms. The number of rotatable bonds is 10. The molecule has 5 rings (SSSR count). The van der Waals surface area contributed by atoms with Crippen LogP contribution in [0.4, 0.5) is 35.9 Å². The van der Waals surface area contributed by atoms with Crippen molar-refractivity contribution >= 4 is 18.0 Å². The van der Waals surface area contributed by atoms with Crippen molar-refractivity contribution in [3.8, 4) is 0 Å². The van der Waals surface area contributed by atoms with Crippen molar-refractivity contribution < 1.29 is 54.9 Å². The van der Waals surface area contributed by atoms with Crippen LogP contribution in [0.2, 0.25) is 0 Å². The van der Waals surface area contributed by atoms with Crippen molar-refractivity contribution in [2.45, 2.75) is 55.9 Å². The molecular formula is C35H35F6N3O6. The van der Waals surface area contributed by atoms with E-state index >= 15 is 0 Å². The summed E-state index contributed by atoms with van der Waals surface area (Å²) in [7, 11) is 1.41. The fraction of sp³-hybridized carbons (Fsp3) is 0.400. The van der Waals surface area contributed by atoms with E-state index in [4.69, 9.17) is 14.2 Å². The van der Waals surface area contributed by atoms with Crippen molar-refractivity contribution in [2.24, 2.45) is 0 Å². The molecule has 268 valence electrons. The third-order valence-corrected chi connectivity index (χ3v) is 9.14. The summed E-state index contributed by atoms with van der Waals surface area (Å²) in [5.41, 5.74) is -4.74. The summed E-state index contributed by atoms with van der Waals surface area (Å²) in [5, 5.41) is 2.25. The van der Waals surface area contributed by atoms with E-state index in [1.807, 2.05) is 0 Å². The summed E-state index contributed by atoms with van der Waals surface area (Å²) in [6.07, 6.45) is -12.0. The summed E-state index contributed by atoms with van der Waals surface area (Å²) >= 11 is 0. The normalized spacial score (nSPS) is 22.0. The van der Waals surface area contributed by atoms with Crippen LogP contribution in [0.5, 0.6) is 0 Å². The van der Waals surface area contributed by atoms with Crippen LogP contribution in [0.1, 0.15) is 53.7 Å². The number of methoxy groups -OCH3 is 1. The van der Waals surface area contributed by atoms with Gasteiger partial charge in [-0.05, 0) is 54.7 Å². The minimum Gasteiger partial charge on any atom is -0.445 e. The second-order valence-corrected chi connectivity index (χ2v) is 12.4. The van der Waals surface area contributed by atoms with Gasteiger partial charge in [-0.15, -0.1) is 0 Å². The maximum atomic E-state index is 14.2. The fourth-order valence-electron chi connectivity index (χ4n) is 6.50. The van der Waals surface area contributed by atoms with Crippen LogP contribution in [0.25, 0.3) is 0 Å². The SMILES string of the molecule is COC[C@@]1(N2CC(=O)NC2=O)CC[C@@](CO[C@H](C)c2cc(C(F)(F)F)cc(C(F)(F)F)c2)(c2ccccc2)N(C(=O)OCc2ccccc2)C1. The second kappa shape index (κ2) is 14.3. The summed E-state index contributed by atoms with van der Waals surface area (Å²) in [5.74, 6) is -0.542. The molecule has 3 aromatic rings. The van der Waals surface area contributed by atoms with Gasteiger partial charge in [0.25, 0.3) is 0 Å². The van der Waals surface area contributed by atoms with Gasteiger partial charge in [-0.25, -0.2) is 9.59 Å². The van der Waals surface area contributed by atoms with Crippen molar-refractivity contribution in [1.82, 2.24) is 15.1 Å². The van der Waals surface area contributed by atoms with Gasteiger partial charge in [0.15, 0.2) is 0 Å². The summed E-state index contributed by atoms with van der Waals surface area (Å²) < 4.78 is 99.5. The van der Waals surface area contributed by atoms with Crippen LogP contribution in [-0.2, 0) is 43.5 Å². The Morgan fingerprint density at radius 1 is 0.880 bits per heavy atom. The van der Waals surface area contributed by atoms with Crippen LogP contribution in [-0.4, -0.2) is 66.8 Å². The molecule has 2 aliphatic heterocycles. The van der Waals surface area contributed by atoms with Gasteiger partial charge in [0.1, 0.15) is 13.2 Å². The first kappa shape index (κ1) is 36.6. The highest BCUT2D eigenvalue weighted by atomic mass is 19.4. The Kier molecular flexibility index (Phi) is 10.5. The molecule has 15 heteroatoms. The molecule has 3 aromatic carbocycles. The number of imide groups is 1. The van der Waals surface area contributed by atoms with Crippen molar-refractivity contribution in [1.29, 1.82) is 0 Å². The molecule has 4 amide bonds. The molecule has 9 nitrogen and oxygen atoms in total. The van der Waals surface area contributed by atoms with Gasteiger partial charge in [0.2, 0.25) is 5.91 Å². The lowest BCUT2D eigenvalue weighted by Crippen LogP contribution is -2.68. The first-order valence-electron chi connectivity index (χ1n) is 15.6. The number of amides is 4. The number of alkyl halides is 6. The third kappa shape index (κ3) is 7.73. The molecule has 2 saturated heterocycles. The van der Waals surface area contributed by atoms with Gasteiger partial charge in [-0.3, -0.25) is 15.0 Å². The van der Waals surface area contributed by atoms with E-state index < -0.39 is 58.7 Å². The molecule has 0 radical (unpaired) electrons. The Morgan fingerprint density at radius 2 is 1.48 bits per heavy atom. The molecule has 2 aliphatic rings. The molecule has 0 aromatic heterocycles. The zero-order valence-electron chi connectivity index (χ0n) is 27.1. The first-order valence-corrected chi connectivity index (χ1v) is 15.6. The molecule has 2 heterocycles. The smallest absolute Gasteiger partial charge is 0.416 e. The van der Waals surface area contributed by atoms with Crippen molar-refractivity contribution in [3.63, 3.8) is 0 Å². The number of hydrogen-bond acceptors (Lipinski definition) is 6. The number of benzene rings is 3. The quantitative estimate of drug-likeness (QED) is 0.179. The predicted octanol–water partition coefficient (Wildman–Crippen LogP) is 7.07. The highest BCUT2D eigenvalue weighted by Gasteiger charge is 2.56. The molecule has 0 aliphatic carbocycles. The van der Waals surface area contributed by atoms with Gasteiger partial charge in [0.05, 0.1) is 48.1 Å². The van der Waals surface area contributed by atoms with E-state index in [1.165, 1.54) is 23.8 Å². The van der Waals surface area contributed by atoms with Gasteiger partial charge >= 0.3 is 24.5 Å². The highest BCUT2D eigenvalue weighted by molar-refractivity contribution is 6.02. The summed E-state index contributed by atoms with van der Waals surface area (Å²) in [4.78, 5) is 42.1. The van der Waals surface area contributed by atoms with E-state index in [2.05, 4.69) is 5.32 Å². The number of carbonyl (C=O) groups is 3. The molecule has 3 atom stereocenters. The number of hydrogen-bond donors (Lipinski definition) is 1. The standard InChI is InChI=1S/C35H35F6N3O6/c1-23(25-15-27(34(36,37)38)17-28(16-25)35(39,40)41)50-22-33(26-11-7-4-8-12-26)14-13-32(21-48-2,43-18-29(45)42-30(43)46)20-44(33)31(47)49-19-24-9-5-3-6-10-24/h3-12,15-17,23H,13-14,18-22H2,1-2H3,(H,42,45,46)/t23-,32-,33-/m1/s1. The third-order valence-electron chi connectivity index (χ3n) is 9.14. The molecular weight excluding hydrogens is 672 g/mol. The average Bonchev–Trinajstić information content (AvgIpc) is 3.44. The van der Waals surface area contributed by atoms with Gasteiger partial charge < -0.3 is 19.1 Å². The molecule has 2 fully saturated rings. The molecule has 0 spiro atoms. The van der Waals surface area contributed by atoms with E-state index in [-0.39, 0.29) is 57.4 Å². The van der Waals surface area contributed by atoms with Crippen LogP contribution in [0.15, 0.2) is 78.9 Å². The molecule has 0 saturated carbocycles. The Hall–Kier alpha value is -4.63. The summed E-state index contributed by atoms with van der Waals surface area (Å²) in [6.45, 7) is 0.210. The topological polar surface area (TPSA) is 97.4 Å². The maximum absolute atomic E-state index is 14.2. The molecule has 0 bridgehead atoms. The van der Waals surface area contributed by atoms with Gasteiger partial charge in [-0.2, -0.15) is 26.3 Å². The van der Waals surface area contributed by atoms with E-state index in [0.717, 1.165) is 0 Å². The van der Waals surface area contributed by atoms with Crippen LogP contribution >= 0.6 is 0 Å². The predicted molar refractivity (Wildman–Crippen MR) is 166 cm³/mol. The Morgan fingerprint density at radius 3 is 2.02 bits per heavy atom. The largest absolute Gasteiger partial charge is 0.445 e. The lowest BCUT2D eigenvalue weighted by Gasteiger charge is -2.55. The Balaban J connectivity index is 1.56. The highest BCUT2D eigenvalue weighted by Crippen LogP contribution is 2.46. The Labute approximate surface area is 284 Å². The monoisotopic (exact) mass is 707 g/mol. The van der Waals surface area contributed by atoms with Crippen LogP contribution in [0, 0.1) is 0 Å². The first-order chi connectivity index (χ1) is 23.6. The maximum Gasteiger partial charge on any atom is 0.416 e. The van der Waals surface area contributed by atoms with Crippen LogP contribution < -0.4 is 5.32 Å². The number of nitrogens with zero attached hydrogens (tertiary/aromatic N) is 2. The minimum atomic E-state index is -5.06. The van der Waals surface area contributed by atoms with E-state index in [1.54, 1.807) is 60.7 Å². The molecule has 0 unspecified atom stereocenters. The van der Waals surface area contributed by atoms with Gasteiger partial charge in [0, 0.05) is 7.11 Å². The zero-order valence-corrected chi connectivity index (χ0v) is 27.1. The average molecular weight is 708 g/mol. The number of carbonyl (C=O) groups excluding carboxylic acids is 3. The number of halogens is 6. The second-order valence-electron chi connectivity index (χ2n) is 12.4. The number of urea groups is 1. The summed E-state index contributed by atoms with van der Waals surface area (Å²) in [6, 6.07) is 18.0. The van der Waals surface area contributed by atoms with E-state index in [9.17, 15) is 40.7 Å². The van der Waals surface area contributed by atoms with Crippen molar-refractivity contribution in [2.75, 3.05) is 33.4 Å². The molecule has 1 N–H and O–H groups in total. The Bertz CT molecular complexity index is 1660. The van der Waals surface area contributed by atoms with Crippen molar-refractivity contribution in [3.05, 3.63) is 107 Å². The number of ether oxygens (including phenoxy) is 3. The zero-order chi connectivity index (χ0) is 36.3. The van der Waals surface area contributed by atoms with Crippen LogP contribution in [0.3, 0.4) is 0 Å². The van der Waals surface area contributed by atoms with Gasteiger partial charge in [-0.1, -0.05) is 60.7 Å². The lowest BCUT2D eigenvalue weighted by atomic mass is 9.74. The number of nitrogens with one attached hydrogen (secondary N) is 1. The lowest BCUT2D eigenvalue weighted by molar-refractivity contribution is -0.143. The fourth-order valence-corrected chi connectivity index (χ4v) is 6.50.